The Morgan fingerprint density at radius 3 is 2.53 bits per heavy atom. The minimum absolute atomic E-state index is 0.0167. The Bertz CT molecular complexity index is 374. The van der Waals surface area contributed by atoms with Crippen molar-refractivity contribution in [3.63, 3.8) is 0 Å². The third-order valence-electron chi connectivity index (χ3n) is 2.96. The molecule has 0 aliphatic heterocycles. The summed E-state index contributed by atoms with van der Waals surface area (Å²) in [6.45, 7) is 5.94. The first-order chi connectivity index (χ1) is 8.04. The topological polar surface area (TPSA) is 49.3 Å². The number of carbonyl (C=O) groups is 1. The zero-order valence-corrected chi connectivity index (χ0v) is 10.7. The Morgan fingerprint density at radius 2 is 2.00 bits per heavy atom. The van der Waals surface area contributed by atoms with Crippen LogP contribution in [-0.4, -0.2) is 23.7 Å². The second-order valence-electron chi connectivity index (χ2n) is 4.70. The van der Waals surface area contributed by atoms with Gasteiger partial charge in [-0.3, -0.25) is 4.79 Å². The fourth-order valence-electron chi connectivity index (χ4n) is 1.66. The molecule has 0 aliphatic rings. The van der Waals surface area contributed by atoms with Crippen molar-refractivity contribution in [2.75, 3.05) is 6.61 Å². The fourth-order valence-corrected chi connectivity index (χ4v) is 1.66. The van der Waals surface area contributed by atoms with Gasteiger partial charge in [-0.05, 0) is 24.0 Å². The normalized spacial score (nSPS) is 12.5. The van der Waals surface area contributed by atoms with Gasteiger partial charge in [0.25, 0.3) is 0 Å². The zero-order chi connectivity index (χ0) is 12.8. The summed E-state index contributed by atoms with van der Waals surface area (Å²) in [5.41, 5.74) is 2.15. The van der Waals surface area contributed by atoms with E-state index in [1.165, 1.54) is 0 Å². The van der Waals surface area contributed by atoms with Crippen LogP contribution in [0.3, 0.4) is 0 Å². The first kappa shape index (κ1) is 13.7. The Hall–Kier alpha value is -1.35. The third kappa shape index (κ3) is 4.19. The number of rotatable bonds is 5. The Labute approximate surface area is 103 Å². The molecule has 17 heavy (non-hydrogen) atoms. The average Bonchev–Trinajstić information content (AvgIpc) is 2.28. The van der Waals surface area contributed by atoms with Crippen LogP contribution in [0.5, 0.6) is 0 Å². The van der Waals surface area contributed by atoms with Gasteiger partial charge in [0.15, 0.2) is 0 Å². The molecule has 0 heterocycles. The number of benzene rings is 1. The van der Waals surface area contributed by atoms with Crippen molar-refractivity contribution in [3.8, 4) is 0 Å². The zero-order valence-electron chi connectivity index (χ0n) is 10.7. The van der Waals surface area contributed by atoms with Gasteiger partial charge in [-0.2, -0.15) is 0 Å². The van der Waals surface area contributed by atoms with Gasteiger partial charge in [0.2, 0.25) is 5.91 Å². The van der Waals surface area contributed by atoms with Crippen LogP contribution in [-0.2, 0) is 11.2 Å². The molecule has 0 spiro atoms. The molecule has 1 atom stereocenters. The Morgan fingerprint density at radius 1 is 1.35 bits per heavy atom. The molecular formula is C14H21NO2. The van der Waals surface area contributed by atoms with Gasteiger partial charge in [0.1, 0.15) is 0 Å². The summed E-state index contributed by atoms with van der Waals surface area (Å²) in [6.07, 6.45) is 0.371. The van der Waals surface area contributed by atoms with Crippen LogP contribution in [0.25, 0.3) is 0 Å². The Balaban J connectivity index is 2.58. The van der Waals surface area contributed by atoms with E-state index in [0.29, 0.717) is 6.42 Å². The highest BCUT2D eigenvalue weighted by Gasteiger charge is 2.15. The van der Waals surface area contributed by atoms with Crippen LogP contribution in [0, 0.1) is 12.8 Å². The van der Waals surface area contributed by atoms with Crippen LogP contribution in [0.2, 0.25) is 0 Å². The number of hydrogen-bond acceptors (Lipinski definition) is 2. The summed E-state index contributed by atoms with van der Waals surface area (Å²) in [5, 5.41) is 12.0. The van der Waals surface area contributed by atoms with Crippen molar-refractivity contribution in [2.45, 2.75) is 33.2 Å². The van der Waals surface area contributed by atoms with Gasteiger partial charge < -0.3 is 10.4 Å². The van der Waals surface area contributed by atoms with E-state index >= 15 is 0 Å². The molecule has 0 saturated carbocycles. The van der Waals surface area contributed by atoms with Crippen molar-refractivity contribution in [1.82, 2.24) is 5.32 Å². The van der Waals surface area contributed by atoms with Crippen LogP contribution < -0.4 is 5.32 Å². The average molecular weight is 235 g/mol. The fraction of sp³-hybridized carbons (Fsp3) is 0.500. The highest BCUT2D eigenvalue weighted by atomic mass is 16.3. The lowest BCUT2D eigenvalue weighted by molar-refractivity contribution is -0.121. The summed E-state index contributed by atoms with van der Waals surface area (Å²) < 4.78 is 0. The predicted octanol–water partition coefficient (Wildman–Crippen LogP) is 1.67. The van der Waals surface area contributed by atoms with E-state index in [-0.39, 0.29) is 24.5 Å². The number of aryl methyl sites for hydroxylation is 1. The van der Waals surface area contributed by atoms with Gasteiger partial charge in [-0.1, -0.05) is 38.1 Å². The van der Waals surface area contributed by atoms with E-state index in [1.807, 2.05) is 45.0 Å². The van der Waals surface area contributed by atoms with E-state index < -0.39 is 0 Å². The number of aliphatic hydroxyl groups is 1. The molecular weight excluding hydrogens is 214 g/mol. The molecule has 0 aliphatic carbocycles. The predicted molar refractivity (Wildman–Crippen MR) is 68.7 cm³/mol. The van der Waals surface area contributed by atoms with Gasteiger partial charge in [0, 0.05) is 0 Å². The highest BCUT2D eigenvalue weighted by molar-refractivity contribution is 5.79. The second kappa shape index (κ2) is 6.40. The van der Waals surface area contributed by atoms with Gasteiger partial charge in [0.05, 0.1) is 19.1 Å². The van der Waals surface area contributed by atoms with Crippen molar-refractivity contribution in [1.29, 1.82) is 0 Å². The van der Waals surface area contributed by atoms with Crippen LogP contribution >= 0.6 is 0 Å². The quantitative estimate of drug-likeness (QED) is 0.815. The van der Waals surface area contributed by atoms with Crippen LogP contribution in [0.1, 0.15) is 25.0 Å². The number of aliphatic hydroxyl groups excluding tert-OH is 1. The molecule has 94 valence electrons. The van der Waals surface area contributed by atoms with E-state index in [1.54, 1.807) is 0 Å². The number of amides is 1. The molecule has 1 aromatic rings. The van der Waals surface area contributed by atoms with E-state index in [9.17, 15) is 4.79 Å². The summed E-state index contributed by atoms with van der Waals surface area (Å²) >= 11 is 0. The molecule has 1 aromatic carbocycles. The van der Waals surface area contributed by atoms with Crippen molar-refractivity contribution in [2.24, 2.45) is 5.92 Å². The monoisotopic (exact) mass is 235 g/mol. The van der Waals surface area contributed by atoms with E-state index in [0.717, 1.165) is 11.1 Å². The van der Waals surface area contributed by atoms with Crippen molar-refractivity contribution in [3.05, 3.63) is 35.4 Å². The van der Waals surface area contributed by atoms with Gasteiger partial charge in [-0.15, -0.1) is 0 Å². The minimum atomic E-state index is -0.161. The molecule has 0 bridgehead atoms. The van der Waals surface area contributed by atoms with Crippen molar-refractivity contribution < 1.29 is 9.90 Å². The first-order valence-corrected chi connectivity index (χ1v) is 5.99. The Kier molecular flexibility index (Phi) is 5.16. The highest BCUT2D eigenvalue weighted by Crippen LogP contribution is 2.08. The van der Waals surface area contributed by atoms with E-state index in [2.05, 4.69) is 5.32 Å². The van der Waals surface area contributed by atoms with Gasteiger partial charge >= 0.3 is 0 Å². The molecule has 0 aromatic heterocycles. The smallest absolute Gasteiger partial charge is 0.224 e. The van der Waals surface area contributed by atoms with Crippen LogP contribution in [0.15, 0.2) is 24.3 Å². The molecule has 0 saturated heterocycles. The van der Waals surface area contributed by atoms with Gasteiger partial charge in [-0.25, -0.2) is 0 Å². The number of carbonyl (C=O) groups excluding carboxylic acids is 1. The summed E-state index contributed by atoms with van der Waals surface area (Å²) in [4.78, 5) is 11.8. The maximum absolute atomic E-state index is 11.8. The van der Waals surface area contributed by atoms with Crippen LogP contribution in [0.4, 0.5) is 0 Å². The second-order valence-corrected chi connectivity index (χ2v) is 4.70. The minimum Gasteiger partial charge on any atom is -0.394 e. The molecule has 3 heteroatoms. The standard InChI is InChI=1S/C14H21NO2/c1-10(2)13(9-16)15-14(17)8-12-7-5-4-6-11(12)3/h4-7,10,13,16H,8-9H2,1-3H3,(H,15,17). The lowest BCUT2D eigenvalue weighted by Crippen LogP contribution is -2.41. The van der Waals surface area contributed by atoms with Crippen molar-refractivity contribution >= 4 is 5.91 Å². The summed E-state index contributed by atoms with van der Waals surface area (Å²) in [5.74, 6) is 0.202. The maximum atomic E-state index is 11.8. The number of hydrogen-bond donors (Lipinski definition) is 2. The molecule has 0 radical (unpaired) electrons. The molecule has 2 N–H and O–H groups in total. The molecule has 1 amide bonds. The summed E-state index contributed by atoms with van der Waals surface area (Å²) in [7, 11) is 0. The molecule has 3 nitrogen and oxygen atoms in total. The number of nitrogens with one attached hydrogen (secondary N) is 1. The first-order valence-electron chi connectivity index (χ1n) is 5.99. The molecule has 1 rings (SSSR count). The summed E-state index contributed by atoms with van der Waals surface area (Å²) in [6, 6.07) is 7.68. The molecule has 0 fully saturated rings. The largest absolute Gasteiger partial charge is 0.394 e. The van der Waals surface area contributed by atoms with E-state index in [4.69, 9.17) is 5.11 Å². The third-order valence-corrected chi connectivity index (χ3v) is 2.96. The molecule has 1 unspecified atom stereocenters. The lowest BCUT2D eigenvalue weighted by atomic mass is 10.0. The lowest BCUT2D eigenvalue weighted by Gasteiger charge is -2.20. The maximum Gasteiger partial charge on any atom is 0.224 e. The SMILES string of the molecule is Cc1ccccc1CC(=O)NC(CO)C(C)C.